The van der Waals surface area contributed by atoms with Gasteiger partial charge in [-0.3, -0.25) is 14.4 Å². The Labute approximate surface area is 150 Å². The molecule has 0 atom stereocenters. The molecule has 0 spiro atoms. The number of ketones is 2. The first-order valence-corrected chi connectivity index (χ1v) is 8.81. The van der Waals surface area contributed by atoms with Crippen LogP contribution in [0.25, 0.3) is 0 Å². The Bertz CT molecular complexity index is 847. The summed E-state index contributed by atoms with van der Waals surface area (Å²) in [5, 5.41) is 2.81. The molecule has 2 aromatic rings. The molecular formula is C19H17NO4S. The van der Waals surface area contributed by atoms with Crippen LogP contribution in [0.5, 0.6) is 0 Å². The summed E-state index contributed by atoms with van der Waals surface area (Å²) in [5.41, 5.74) is 1.80. The van der Waals surface area contributed by atoms with Gasteiger partial charge in [0.1, 0.15) is 0 Å². The number of hydrogen-bond donors (Lipinski definition) is 1. The van der Waals surface area contributed by atoms with E-state index in [9.17, 15) is 14.4 Å². The molecule has 0 aromatic heterocycles. The third-order valence-corrected chi connectivity index (χ3v) is 4.69. The van der Waals surface area contributed by atoms with Crippen LogP contribution in [-0.4, -0.2) is 36.9 Å². The van der Waals surface area contributed by atoms with Gasteiger partial charge in [0.2, 0.25) is 0 Å². The molecule has 25 heavy (non-hydrogen) atoms. The number of hydrogen-bond acceptors (Lipinski definition) is 5. The van der Waals surface area contributed by atoms with Crippen LogP contribution < -0.4 is 5.32 Å². The molecule has 1 aliphatic carbocycles. The maximum Gasteiger partial charge on any atom is 0.251 e. The van der Waals surface area contributed by atoms with Gasteiger partial charge in [-0.05, 0) is 36.7 Å². The van der Waals surface area contributed by atoms with E-state index in [4.69, 9.17) is 4.18 Å². The first-order valence-electron chi connectivity index (χ1n) is 7.89. The molecule has 1 amide bonds. The zero-order chi connectivity index (χ0) is 17.8. The van der Waals surface area contributed by atoms with Gasteiger partial charge < -0.3 is 9.50 Å². The average Bonchev–Trinajstić information content (AvgIpc) is 2.65. The number of amides is 1. The summed E-state index contributed by atoms with van der Waals surface area (Å²) in [6.45, 7) is 0.516. The van der Waals surface area contributed by atoms with Gasteiger partial charge in [0.05, 0.1) is 7.11 Å². The molecule has 5 nitrogen and oxygen atoms in total. The molecule has 6 heteroatoms. The summed E-state index contributed by atoms with van der Waals surface area (Å²) >= 11 is 1.33. The maximum absolute atomic E-state index is 12.7. The van der Waals surface area contributed by atoms with E-state index in [-0.39, 0.29) is 23.0 Å². The number of fused-ring (bicyclic) bond motifs is 2. The number of nitrogens with one attached hydrogen (secondary N) is 1. The van der Waals surface area contributed by atoms with Crippen LogP contribution in [0.4, 0.5) is 0 Å². The number of carbonyl (C=O) groups is 3. The van der Waals surface area contributed by atoms with Crippen molar-refractivity contribution in [1.29, 1.82) is 0 Å². The van der Waals surface area contributed by atoms with Crippen LogP contribution in [0, 0.1) is 0 Å². The zero-order valence-corrected chi connectivity index (χ0v) is 14.5. The van der Waals surface area contributed by atoms with Crippen molar-refractivity contribution in [3.63, 3.8) is 0 Å². The lowest BCUT2D eigenvalue weighted by Gasteiger charge is -2.17. The Morgan fingerprint density at radius 1 is 1.00 bits per heavy atom. The first kappa shape index (κ1) is 17.4. The number of benzene rings is 2. The predicted molar refractivity (Wildman–Crippen MR) is 96.2 cm³/mol. The Morgan fingerprint density at radius 3 is 2.32 bits per heavy atom. The minimum atomic E-state index is -0.260. The number of rotatable bonds is 6. The van der Waals surface area contributed by atoms with Gasteiger partial charge in [0.25, 0.3) is 5.91 Å². The van der Waals surface area contributed by atoms with E-state index in [1.54, 1.807) is 43.5 Å². The highest BCUT2D eigenvalue weighted by atomic mass is 32.2. The lowest BCUT2D eigenvalue weighted by Crippen LogP contribution is -2.26. The van der Waals surface area contributed by atoms with Gasteiger partial charge in [0.15, 0.2) is 11.6 Å². The molecule has 1 N–H and O–H groups in total. The summed E-state index contributed by atoms with van der Waals surface area (Å²) < 4.78 is 4.88. The van der Waals surface area contributed by atoms with Crippen LogP contribution in [0.2, 0.25) is 0 Å². The van der Waals surface area contributed by atoms with Crippen molar-refractivity contribution in [2.75, 3.05) is 19.4 Å². The topological polar surface area (TPSA) is 72.5 Å². The van der Waals surface area contributed by atoms with E-state index in [0.29, 0.717) is 28.8 Å². The second kappa shape index (κ2) is 7.63. The molecule has 0 unspecified atom stereocenters. The van der Waals surface area contributed by atoms with E-state index in [2.05, 4.69) is 5.32 Å². The number of carbonyl (C=O) groups excluding carboxylic acids is 3. The fourth-order valence-electron chi connectivity index (χ4n) is 2.76. The van der Waals surface area contributed by atoms with Gasteiger partial charge in [-0.15, -0.1) is 0 Å². The van der Waals surface area contributed by atoms with E-state index >= 15 is 0 Å². The Balaban J connectivity index is 1.79. The van der Waals surface area contributed by atoms with Gasteiger partial charge >= 0.3 is 0 Å². The monoisotopic (exact) mass is 355 g/mol. The van der Waals surface area contributed by atoms with Gasteiger partial charge in [-0.25, -0.2) is 0 Å². The summed E-state index contributed by atoms with van der Waals surface area (Å²) in [6, 6.07) is 11.4. The molecule has 3 rings (SSSR count). The summed E-state index contributed by atoms with van der Waals surface area (Å²) in [4.78, 5) is 37.5. The molecule has 0 heterocycles. The van der Waals surface area contributed by atoms with Crippen molar-refractivity contribution in [2.45, 2.75) is 6.42 Å². The van der Waals surface area contributed by atoms with Crippen molar-refractivity contribution in [3.8, 4) is 0 Å². The first-order chi connectivity index (χ1) is 12.1. The summed E-state index contributed by atoms with van der Waals surface area (Å²) in [5.74, 6) is 0.111. The van der Waals surface area contributed by atoms with Gasteiger partial charge in [-0.1, -0.05) is 24.3 Å². The molecule has 1 aliphatic rings. The smallest absolute Gasteiger partial charge is 0.251 e. The van der Waals surface area contributed by atoms with E-state index in [1.807, 2.05) is 0 Å². The second-order valence-corrected chi connectivity index (χ2v) is 6.54. The molecule has 0 saturated heterocycles. The molecule has 0 bridgehead atoms. The third kappa shape index (κ3) is 3.50. The highest BCUT2D eigenvalue weighted by Gasteiger charge is 2.29. The highest BCUT2D eigenvalue weighted by molar-refractivity contribution is 7.94. The minimum Gasteiger partial charge on any atom is -0.352 e. The van der Waals surface area contributed by atoms with E-state index in [0.717, 1.165) is 12.2 Å². The molecule has 0 fully saturated rings. The van der Waals surface area contributed by atoms with Crippen molar-refractivity contribution >= 4 is 29.5 Å². The molecule has 0 saturated carbocycles. The summed E-state index contributed by atoms with van der Waals surface area (Å²) in [6.07, 6.45) is 0.778. The van der Waals surface area contributed by atoms with Crippen LogP contribution in [0.1, 0.15) is 48.6 Å². The third-order valence-electron chi connectivity index (χ3n) is 4.00. The van der Waals surface area contributed by atoms with Crippen molar-refractivity contribution in [2.24, 2.45) is 0 Å². The SMILES string of the molecule is COSCCCNC(=O)c1ccc2c(c1)C(=O)c1ccccc1C2=O. The quantitative estimate of drug-likeness (QED) is 0.544. The van der Waals surface area contributed by atoms with Crippen LogP contribution in [0.15, 0.2) is 42.5 Å². The average molecular weight is 355 g/mol. The molecule has 2 aromatic carbocycles. The van der Waals surface area contributed by atoms with E-state index < -0.39 is 0 Å². The van der Waals surface area contributed by atoms with Crippen LogP contribution in [0.3, 0.4) is 0 Å². The highest BCUT2D eigenvalue weighted by Crippen LogP contribution is 2.27. The standard InChI is InChI=1S/C19H17NO4S/c1-24-25-10-4-9-20-19(23)12-7-8-15-16(11-12)18(22)14-6-3-2-5-13(14)17(15)21/h2-3,5-8,11H,4,9-10H2,1H3,(H,20,23). The predicted octanol–water partition coefficient (Wildman–Crippen LogP) is 2.88. The fourth-order valence-corrected chi connectivity index (χ4v) is 3.19. The van der Waals surface area contributed by atoms with E-state index in [1.165, 1.54) is 18.1 Å². The lowest BCUT2D eigenvalue weighted by molar-refractivity contribution is 0.0951. The lowest BCUT2D eigenvalue weighted by atomic mass is 9.83. The van der Waals surface area contributed by atoms with Crippen LogP contribution >= 0.6 is 12.0 Å². The maximum atomic E-state index is 12.7. The summed E-state index contributed by atoms with van der Waals surface area (Å²) in [7, 11) is 1.60. The zero-order valence-electron chi connectivity index (χ0n) is 13.7. The largest absolute Gasteiger partial charge is 0.352 e. The second-order valence-electron chi connectivity index (χ2n) is 5.56. The van der Waals surface area contributed by atoms with Crippen molar-refractivity contribution in [3.05, 3.63) is 70.3 Å². The van der Waals surface area contributed by atoms with Crippen LogP contribution in [-0.2, 0) is 4.18 Å². The molecule has 0 aliphatic heterocycles. The Morgan fingerprint density at radius 2 is 1.64 bits per heavy atom. The van der Waals surface area contributed by atoms with Gasteiger partial charge in [0, 0.05) is 40.1 Å². The fraction of sp³-hybridized carbons (Fsp3) is 0.211. The Kier molecular flexibility index (Phi) is 5.31. The normalized spacial score (nSPS) is 12.5. The molecule has 128 valence electrons. The minimum absolute atomic E-state index is 0.186. The van der Waals surface area contributed by atoms with Crippen molar-refractivity contribution < 1.29 is 18.6 Å². The Hall–Kier alpha value is -2.44. The molecule has 0 radical (unpaired) electrons. The van der Waals surface area contributed by atoms with Crippen molar-refractivity contribution in [1.82, 2.24) is 5.32 Å². The van der Waals surface area contributed by atoms with Gasteiger partial charge in [-0.2, -0.15) is 0 Å². The molecular weight excluding hydrogens is 338 g/mol.